The molecule has 4 rings (SSSR count). The average Bonchev–Trinajstić information content (AvgIpc) is 2.73. The van der Waals surface area contributed by atoms with Gasteiger partial charge in [0.25, 0.3) is 0 Å². The van der Waals surface area contributed by atoms with Gasteiger partial charge in [0.15, 0.2) is 0 Å². The van der Waals surface area contributed by atoms with E-state index in [2.05, 4.69) is 36.5 Å². The number of aryl methyl sites for hydroxylation is 1. The molecule has 0 aliphatic carbocycles. The molecule has 0 unspecified atom stereocenters. The Morgan fingerprint density at radius 1 is 1.15 bits per heavy atom. The van der Waals surface area contributed by atoms with E-state index in [1.54, 1.807) is 0 Å². The lowest BCUT2D eigenvalue weighted by atomic mass is 9.97. The number of hydrogen-bond donors (Lipinski definition) is 2. The molecule has 5 heteroatoms. The van der Waals surface area contributed by atoms with Gasteiger partial charge in [-0.05, 0) is 65.1 Å². The minimum atomic E-state index is -0.0616. The third kappa shape index (κ3) is 3.61. The van der Waals surface area contributed by atoms with E-state index >= 15 is 0 Å². The maximum Gasteiger partial charge on any atom is 0.244 e. The number of nitrogens with one attached hydrogen (secondary N) is 1. The summed E-state index contributed by atoms with van der Waals surface area (Å²) in [7, 11) is 0. The van der Waals surface area contributed by atoms with Crippen molar-refractivity contribution in [1.29, 1.82) is 0 Å². The molecule has 1 amide bonds. The number of benzene rings is 2. The van der Waals surface area contributed by atoms with Gasteiger partial charge in [-0.3, -0.25) is 4.79 Å². The molecule has 5 nitrogen and oxygen atoms in total. The number of fused-ring (bicyclic) bond motifs is 1. The molecule has 2 aromatic carbocycles. The van der Waals surface area contributed by atoms with Crippen LogP contribution in [0.4, 0.5) is 5.69 Å². The summed E-state index contributed by atoms with van der Waals surface area (Å²) >= 11 is 0. The Labute approximate surface area is 159 Å². The molecule has 140 valence electrons. The van der Waals surface area contributed by atoms with E-state index in [0.717, 1.165) is 41.8 Å². The summed E-state index contributed by atoms with van der Waals surface area (Å²) in [5.74, 6) is 6.10. The normalized spacial score (nSPS) is 16.5. The van der Waals surface area contributed by atoms with Crippen LogP contribution in [0.25, 0.3) is 23.4 Å². The molecule has 0 aromatic heterocycles. The molecule has 1 fully saturated rings. The smallest absolute Gasteiger partial charge is 0.244 e. The van der Waals surface area contributed by atoms with E-state index < -0.39 is 0 Å². The molecular formula is C22H25N3O2. The summed E-state index contributed by atoms with van der Waals surface area (Å²) in [6.07, 6.45) is 5.68. The van der Waals surface area contributed by atoms with Gasteiger partial charge in [0.05, 0.1) is 5.69 Å². The van der Waals surface area contributed by atoms with Crippen molar-refractivity contribution in [3.63, 3.8) is 0 Å². The zero-order chi connectivity index (χ0) is 18.8. The predicted molar refractivity (Wildman–Crippen MR) is 108 cm³/mol. The Balaban J connectivity index is 1.66. The molecule has 2 heterocycles. The minimum Gasteiger partial charge on any atom is -0.387 e. The summed E-state index contributed by atoms with van der Waals surface area (Å²) in [6.45, 7) is 4.19. The topological polar surface area (TPSA) is 67.6 Å². The Morgan fingerprint density at radius 2 is 1.96 bits per heavy atom. The second kappa shape index (κ2) is 7.55. The highest BCUT2D eigenvalue weighted by atomic mass is 16.5. The first-order chi connectivity index (χ1) is 13.1. The van der Waals surface area contributed by atoms with Crippen LogP contribution in [0.2, 0.25) is 0 Å². The first kappa shape index (κ1) is 17.8. The third-order valence-electron chi connectivity index (χ3n) is 5.40. The van der Waals surface area contributed by atoms with Crippen molar-refractivity contribution in [2.45, 2.75) is 19.8 Å². The quantitative estimate of drug-likeness (QED) is 0.492. The predicted octanol–water partition coefficient (Wildman–Crippen LogP) is 1.42. The fourth-order valence-electron chi connectivity index (χ4n) is 3.73. The number of anilines is 1. The summed E-state index contributed by atoms with van der Waals surface area (Å²) in [5.41, 5.74) is 4.08. The molecule has 1 saturated heterocycles. The molecule has 2 aromatic rings. The lowest BCUT2D eigenvalue weighted by Gasteiger charge is -2.26. The standard InChI is InChI=1S/C22H25N3O2/c1-15-2-5-20(25(23)22(26)17-7-10-27-11-8-17)13-21(15)18-4-3-16-6-9-24-14-19(16)12-18/h2-6,12-14,17,24H,7-11,23H2,1H3. The highest BCUT2D eigenvalue weighted by Crippen LogP contribution is 2.28. The molecule has 2 aliphatic heterocycles. The summed E-state index contributed by atoms with van der Waals surface area (Å²) in [6, 6.07) is 12.4. The number of rotatable bonds is 3. The van der Waals surface area contributed by atoms with Gasteiger partial charge in [0.1, 0.15) is 0 Å². The lowest BCUT2D eigenvalue weighted by molar-refractivity contribution is -0.125. The van der Waals surface area contributed by atoms with Crippen LogP contribution in [-0.2, 0) is 9.53 Å². The van der Waals surface area contributed by atoms with Crippen molar-refractivity contribution in [2.75, 3.05) is 24.8 Å². The van der Waals surface area contributed by atoms with Crippen LogP contribution < -0.4 is 26.6 Å². The summed E-state index contributed by atoms with van der Waals surface area (Å²) in [5, 5.41) is 6.97. The Hall–Kier alpha value is -2.63. The number of nitrogens with two attached hydrogens (primary N) is 1. The van der Waals surface area contributed by atoms with Crippen LogP contribution in [0.5, 0.6) is 0 Å². The largest absolute Gasteiger partial charge is 0.387 e. The van der Waals surface area contributed by atoms with Crippen molar-refractivity contribution in [3.8, 4) is 11.1 Å². The second-order valence-corrected chi connectivity index (χ2v) is 7.19. The van der Waals surface area contributed by atoms with Crippen LogP contribution in [-0.4, -0.2) is 25.7 Å². The van der Waals surface area contributed by atoms with E-state index in [4.69, 9.17) is 10.6 Å². The van der Waals surface area contributed by atoms with Gasteiger partial charge in [-0.15, -0.1) is 0 Å². The molecule has 3 N–H and O–H groups in total. The van der Waals surface area contributed by atoms with Crippen LogP contribution in [0.1, 0.15) is 18.4 Å². The third-order valence-corrected chi connectivity index (χ3v) is 5.40. The number of carbonyl (C=O) groups is 1. The number of ether oxygens (including phenoxy) is 1. The lowest BCUT2D eigenvalue weighted by Crippen LogP contribution is -2.43. The fraction of sp³-hybridized carbons (Fsp3) is 0.318. The minimum absolute atomic E-state index is 0.0364. The van der Waals surface area contributed by atoms with E-state index in [-0.39, 0.29) is 11.8 Å². The molecule has 0 bridgehead atoms. The van der Waals surface area contributed by atoms with Crippen molar-refractivity contribution in [3.05, 3.63) is 52.4 Å². The molecule has 27 heavy (non-hydrogen) atoms. The number of nitrogens with zero attached hydrogens (tertiary/aromatic N) is 1. The van der Waals surface area contributed by atoms with Crippen molar-refractivity contribution < 1.29 is 9.53 Å². The van der Waals surface area contributed by atoms with Crippen LogP contribution in [0, 0.1) is 12.8 Å². The molecule has 0 radical (unpaired) electrons. The number of hydrogen-bond acceptors (Lipinski definition) is 4. The molecule has 0 spiro atoms. The van der Waals surface area contributed by atoms with Crippen molar-refractivity contribution in [1.82, 2.24) is 5.32 Å². The highest BCUT2D eigenvalue weighted by Gasteiger charge is 2.26. The van der Waals surface area contributed by atoms with Gasteiger partial charge in [-0.1, -0.05) is 24.3 Å². The maximum atomic E-state index is 12.8. The van der Waals surface area contributed by atoms with Gasteiger partial charge >= 0.3 is 0 Å². The van der Waals surface area contributed by atoms with Crippen molar-refractivity contribution >= 4 is 23.9 Å². The van der Waals surface area contributed by atoms with Gasteiger partial charge < -0.3 is 10.1 Å². The molecule has 0 atom stereocenters. The van der Waals surface area contributed by atoms with Gasteiger partial charge in [-0.2, -0.15) is 0 Å². The maximum absolute atomic E-state index is 12.8. The first-order valence-electron chi connectivity index (χ1n) is 9.45. The average molecular weight is 363 g/mol. The van der Waals surface area contributed by atoms with Gasteiger partial charge in [0, 0.05) is 31.9 Å². The summed E-state index contributed by atoms with van der Waals surface area (Å²) < 4.78 is 5.35. The number of hydrazine groups is 1. The van der Waals surface area contributed by atoms with Crippen LogP contribution >= 0.6 is 0 Å². The van der Waals surface area contributed by atoms with E-state index in [0.29, 0.717) is 13.2 Å². The Kier molecular flexibility index (Phi) is 4.97. The SMILES string of the molecule is Cc1ccc(N(N)C(=O)C2CCOCC2)cc1-c1ccc2c(c1)=CNCC=2. The zero-order valence-electron chi connectivity index (χ0n) is 15.6. The number of amides is 1. The summed E-state index contributed by atoms with van der Waals surface area (Å²) in [4.78, 5) is 12.8. The molecule has 0 saturated carbocycles. The monoisotopic (exact) mass is 363 g/mol. The van der Waals surface area contributed by atoms with Gasteiger partial charge in [0.2, 0.25) is 5.91 Å². The highest BCUT2D eigenvalue weighted by molar-refractivity contribution is 5.94. The van der Waals surface area contributed by atoms with E-state index in [1.165, 1.54) is 15.4 Å². The van der Waals surface area contributed by atoms with E-state index in [1.807, 2.05) is 24.4 Å². The van der Waals surface area contributed by atoms with Crippen LogP contribution in [0.15, 0.2) is 36.4 Å². The fourth-order valence-corrected chi connectivity index (χ4v) is 3.73. The van der Waals surface area contributed by atoms with E-state index in [9.17, 15) is 4.79 Å². The zero-order valence-corrected chi connectivity index (χ0v) is 15.6. The Bertz CT molecular complexity index is 978. The Morgan fingerprint density at radius 3 is 2.78 bits per heavy atom. The number of carbonyl (C=O) groups excluding carboxylic acids is 1. The van der Waals surface area contributed by atoms with Crippen molar-refractivity contribution in [2.24, 2.45) is 11.8 Å². The first-order valence-corrected chi connectivity index (χ1v) is 9.45. The molecule has 2 aliphatic rings. The van der Waals surface area contributed by atoms with Gasteiger partial charge in [-0.25, -0.2) is 10.9 Å². The molecular weight excluding hydrogens is 338 g/mol. The van der Waals surface area contributed by atoms with Crippen LogP contribution in [0.3, 0.4) is 0 Å². The second-order valence-electron chi connectivity index (χ2n) is 7.19.